The maximum Gasteiger partial charge on any atom is 0.0590 e. The van der Waals surface area contributed by atoms with Crippen LogP contribution >= 0.6 is 0 Å². The zero-order valence-corrected chi connectivity index (χ0v) is 12.8. The maximum absolute atomic E-state index is 5.88. The van der Waals surface area contributed by atoms with Gasteiger partial charge in [-0.2, -0.15) is 0 Å². The van der Waals surface area contributed by atoms with Crippen LogP contribution in [0.1, 0.15) is 24.1 Å². The average molecular weight is 284 g/mol. The Bertz CT molecular complexity index is 542. The van der Waals surface area contributed by atoms with Crippen LogP contribution in [0.25, 0.3) is 0 Å². The van der Waals surface area contributed by atoms with Crippen molar-refractivity contribution in [1.82, 2.24) is 4.90 Å². The molecule has 2 aromatic rings. The van der Waals surface area contributed by atoms with Crippen molar-refractivity contribution in [2.45, 2.75) is 19.5 Å². The molecule has 0 bridgehead atoms. The fourth-order valence-electron chi connectivity index (χ4n) is 2.49. The van der Waals surface area contributed by atoms with Gasteiger partial charge in [0.15, 0.2) is 0 Å². The van der Waals surface area contributed by atoms with E-state index >= 15 is 0 Å². The molecule has 1 unspecified atom stereocenters. The minimum absolute atomic E-state index is 0.336. The van der Waals surface area contributed by atoms with Crippen LogP contribution in [0, 0.1) is 0 Å². The molecule has 21 heavy (non-hydrogen) atoms. The Labute approximate surface area is 127 Å². The minimum atomic E-state index is 0.336. The van der Waals surface area contributed by atoms with Gasteiger partial charge < -0.3 is 10.5 Å². The van der Waals surface area contributed by atoms with E-state index in [-0.39, 0.29) is 0 Å². The Morgan fingerprint density at radius 3 is 2.52 bits per heavy atom. The fraction of sp³-hybridized carbons (Fsp3) is 0.333. The number of nitrogens with zero attached hydrogens (tertiary/aromatic N) is 1. The lowest BCUT2D eigenvalue weighted by Gasteiger charge is -2.29. The van der Waals surface area contributed by atoms with Crippen molar-refractivity contribution in [3.05, 3.63) is 65.7 Å². The third kappa shape index (κ3) is 4.59. The first-order valence-electron chi connectivity index (χ1n) is 7.33. The summed E-state index contributed by atoms with van der Waals surface area (Å²) in [6.45, 7) is 4.71. The summed E-state index contributed by atoms with van der Waals surface area (Å²) < 4.78 is 5.25. The summed E-state index contributed by atoms with van der Waals surface area (Å²) >= 11 is 0. The van der Waals surface area contributed by atoms with Gasteiger partial charge in [0, 0.05) is 31.9 Å². The molecule has 3 nitrogen and oxygen atoms in total. The number of rotatable bonds is 7. The highest BCUT2D eigenvalue weighted by Crippen LogP contribution is 2.22. The zero-order chi connectivity index (χ0) is 15.1. The molecule has 0 radical (unpaired) electrons. The monoisotopic (exact) mass is 284 g/mol. The summed E-state index contributed by atoms with van der Waals surface area (Å²) in [6, 6.07) is 19.0. The van der Waals surface area contributed by atoms with Crippen molar-refractivity contribution in [1.29, 1.82) is 0 Å². The average Bonchev–Trinajstić information content (AvgIpc) is 2.51. The van der Waals surface area contributed by atoms with Crippen LogP contribution in [0.5, 0.6) is 0 Å². The van der Waals surface area contributed by atoms with Crippen molar-refractivity contribution in [2.75, 3.05) is 26.0 Å². The van der Waals surface area contributed by atoms with Gasteiger partial charge in [-0.3, -0.25) is 4.90 Å². The summed E-state index contributed by atoms with van der Waals surface area (Å²) in [6.07, 6.45) is 0. The molecule has 0 aliphatic rings. The minimum Gasteiger partial charge on any atom is -0.399 e. The van der Waals surface area contributed by atoms with Gasteiger partial charge in [0.25, 0.3) is 0 Å². The molecule has 0 heterocycles. The summed E-state index contributed by atoms with van der Waals surface area (Å²) in [5, 5.41) is 0. The number of methoxy groups -OCH3 is 1. The lowest BCUT2D eigenvalue weighted by molar-refractivity contribution is 0.119. The molecule has 2 rings (SSSR count). The standard InChI is InChI=1S/C18H24N2O/c1-15(17-8-4-3-5-9-17)20(11-12-21-2)14-16-7-6-10-18(19)13-16/h3-10,13,15H,11-12,14,19H2,1-2H3. The van der Waals surface area contributed by atoms with Crippen LogP contribution in [0.3, 0.4) is 0 Å². The largest absolute Gasteiger partial charge is 0.399 e. The molecule has 1 atom stereocenters. The highest BCUT2D eigenvalue weighted by Gasteiger charge is 2.15. The number of nitrogen functional groups attached to an aromatic ring is 1. The van der Waals surface area contributed by atoms with Crippen LogP contribution in [-0.4, -0.2) is 25.2 Å². The van der Waals surface area contributed by atoms with E-state index < -0.39 is 0 Å². The van der Waals surface area contributed by atoms with E-state index in [1.54, 1.807) is 7.11 Å². The number of anilines is 1. The second-order valence-electron chi connectivity index (χ2n) is 5.29. The smallest absolute Gasteiger partial charge is 0.0590 e. The van der Waals surface area contributed by atoms with Gasteiger partial charge in [-0.05, 0) is 30.2 Å². The van der Waals surface area contributed by atoms with Gasteiger partial charge >= 0.3 is 0 Å². The van der Waals surface area contributed by atoms with Gasteiger partial charge in [0.05, 0.1) is 6.61 Å². The Balaban J connectivity index is 2.14. The van der Waals surface area contributed by atoms with E-state index in [4.69, 9.17) is 10.5 Å². The molecule has 0 saturated carbocycles. The van der Waals surface area contributed by atoms with E-state index in [1.807, 2.05) is 24.3 Å². The molecule has 3 heteroatoms. The van der Waals surface area contributed by atoms with Gasteiger partial charge in [-0.15, -0.1) is 0 Å². The van der Waals surface area contributed by atoms with E-state index in [2.05, 4.69) is 42.2 Å². The van der Waals surface area contributed by atoms with Crippen LogP contribution in [-0.2, 0) is 11.3 Å². The molecule has 0 aliphatic carbocycles. The Morgan fingerprint density at radius 2 is 1.86 bits per heavy atom. The highest BCUT2D eigenvalue weighted by atomic mass is 16.5. The Kier molecular flexibility index (Phi) is 5.78. The van der Waals surface area contributed by atoms with Crippen molar-refractivity contribution < 1.29 is 4.74 Å². The number of benzene rings is 2. The predicted molar refractivity (Wildman–Crippen MR) is 88.0 cm³/mol. The second-order valence-corrected chi connectivity index (χ2v) is 5.29. The summed E-state index contributed by atoms with van der Waals surface area (Å²) in [7, 11) is 1.74. The summed E-state index contributed by atoms with van der Waals surface area (Å²) in [4.78, 5) is 2.41. The Morgan fingerprint density at radius 1 is 1.10 bits per heavy atom. The first-order chi connectivity index (χ1) is 10.2. The molecule has 2 aromatic carbocycles. The Hall–Kier alpha value is -1.84. The normalized spacial score (nSPS) is 12.5. The van der Waals surface area contributed by atoms with Crippen LogP contribution in [0.2, 0.25) is 0 Å². The quantitative estimate of drug-likeness (QED) is 0.791. The molecular weight excluding hydrogens is 260 g/mol. The van der Waals surface area contributed by atoms with Crippen molar-refractivity contribution >= 4 is 5.69 Å². The van der Waals surface area contributed by atoms with Crippen molar-refractivity contribution in [3.8, 4) is 0 Å². The van der Waals surface area contributed by atoms with E-state index in [1.165, 1.54) is 11.1 Å². The first-order valence-corrected chi connectivity index (χ1v) is 7.33. The maximum atomic E-state index is 5.88. The van der Waals surface area contributed by atoms with E-state index in [0.29, 0.717) is 6.04 Å². The number of hydrogen-bond donors (Lipinski definition) is 1. The first kappa shape index (κ1) is 15.5. The lowest BCUT2D eigenvalue weighted by Crippen LogP contribution is -2.30. The molecule has 2 N–H and O–H groups in total. The molecular formula is C18H24N2O. The van der Waals surface area contributed by atoms with E-state index in [9.17, 15) is 0 Å². The van der Waals surface area contributed by atoms with Crippen LogP contribution in [0.4, 0.5) is 5.69 Å². The molecule has 0 saturated heterocycles. The number of ether oxygens (including phenoxy) is 1. The van der Waals surface area contributed by atoms with E-state index in [0.717, 1.165) is 25.4 Å². The van der Waals surface area contributed by atoms with Gasteiger partial charge in [-0.1, -0.05) is 42.5 Å². The fourth-order valence-corrected chi connectivity index (χ4v) is 2.49. The lowest BCUT2D eigenvalue weighted by atomic mass is 10.1. The highest BCUT2D eigenvalue weighted by molar-refractivity contribution is 5.40. The summed E-state index contributed by atoms with van der Waals surface area (Å²) in [5.41, 5.74) is 9.24. The predicted octanol–water partition coefficient (Wildman–Crippen LogP) is 3.48. The SMILES string of the molecule is COCCN(Cc1cccc(N)c1)C(C)c1ccccc1. The number of hydrogen-bond acceptors (Lipinski definition) is 3. The van der Waals surface area contributed by atoms with Crippen molar-refractivity contribution in [3.63, 3.8) is 0 Å². The molecule has 0 aromatic heterocycles. The number of nitrogens with two attached hydrogens (primary N) is 1. The van der Waals surface area contributed by atoms with Gasteiger partial charge in [0.2, 0.25) is 0 Å². The molecule has 112 valence electrons. The van der Waals surface area contributed by atoms with Gasteiger partial charge in [-0.25, -0.2) is 0 Å². The second kappa shape index (κ2) is 7.81. The topological polar surface area (TPSA) is 38.5 Å². The molecule has 0 amide bonds. The zero-order valence-electron chi connectivity index (χ0n) is 12.8. The van der Waals surface area contributed by atoms with Gasteiger partial charge in [0.1, 0.15) is 0 Å². The molecule has 0 fully saturated rings. The third-order valence-electron chi connectivity index (χ3n) is 3.75. The molecule has 0 spiro atoms. The third-order valence-corrected chi connectivity index (χ3v) is 3.75. The van der Waals surface area contributed by atoms with Crippen LogP contribution in [0.15, 0.2) is 54.6 Å². The molecule has 0 aliphatic heterocycles. The van der Waals surface area contributed by atoms with Crippen molar-refractivity contribution in [2.24, 2.45) is 0 Å². The van der Waals surface area contributed by atoms with Crippen LogP contribution < -0.4 is 5.73 Å². The summed E-state index contributed by atoms with van der Waals surface area (Å²) in [5.74, 6) is 0.